The average molecular weight is 259 g/mol. The third-order valence-electron chi connectivity index (χ3n) is 2.94. The predicted molar refractivity (Wildman–Crippen MR) is 57.0 cm³/mol. The van der Waals surface area contributed by atoms with E-state index in [0.29, 0.717) is 12.1 Å². The maximum Gasteiger partial charge on any atom is 0.159 e. The van der Waals surface area contributed by atoms with E-state index in [1.807, 2.05) is 0 Å². The number of nitrogens with zero attached hydrogens (tertiary/aromatic N) is 1. The van der Waals surface area contributed by atoms with Crippen LogP contribution in [0.15, 0.2) is 3.92 Å². The van der Waals surface area contributed by atoms with Crippen molar-refractivity contribution in [1.29, 1.82) is 0 Å². The molecule has 70 valence electrons. The van der Waals surface area contributed by atoms with Gasteiger partial charge in [-0.2, -0.15) is 0 Å². The largest absolute Gasteiger partial charge is 0.306 e. The molecule has 1 aromatic rings. The maximum atomic E-state index is 4.53. The van der Waals surface area contributed by atoms with Crippen LogP contribution in [-0.2, 0) is 6.42 Å². The van der Waals surface area contributed by atoms with Crippen LogP contribution in [0.5, 0.6) is 0 Å². The second kappa shape index (κ2) is 3.04. The van der Waals surface area contributed by atoms with Crippen molar-refractivity contribution in [3.63, 3.8) is 0 Å². The molecule has 2 atom stereocenters. The molecule has 0 aromatic carbocycles. The zero-order valence-corrected chi connectivity index (χ0v) is 9.62. The van der Waals surface area contributed by atoms with Gasteiger partial charge in [0.2, 0.25) is 0 Å². The molecular formula is C9H11BrN2S. The summed E-state index contributed by atoms with van der Waals surface area (Å²) in [4.78, 5) is 6.00. The molecule has 3 heterocycles. The first kappa shape index (κ1) is 8.38. The molecule has 1 aromatic heterocycles. The summed E-state index contributed by atoms with van der Waals surface area (Å²) in [6.07, 6.45) is 5.12. The highest BCUT2D eigenvalue weighted by Crippen LogP contribution is 2.38. The number of halogens is 1. The molecule has 1 fully saturated rings. The van der Waals surface area contributed by atoms with Gasteiger partial charge in [-0.15, -0.1) is 11.3 Å². The fraction of sp³-hybridized carbons (Fsp3) is 0.667. The SMILES string of the molecule is Brc1nc2c(s1)C1CCCC(C2)N1. The van der Waals surface area contributed by atoms with E-state index in [9.17, 15) is 0 Å². The van der Waals surface area contributed by atoms with Gasteiger partial charge in [0.1, 0.15) is 0 Å². The highest BCUT2D eigenvalue weighted by Gasteiger charge is 2.32. The number of piperidine rings is 1. The van der Waals surface area contributed by atoms with E-state index in [0.717, 1.165) is 10.3 Å². The zero-order valence-electron chi connectivity index (χ0n) is 7.22. The summed E-state index contributed by atoms with van der Waals surface area (Å²) < 4.78 is 1.05. The Hall–Kier alpha value is 0.0700. The summed E-state index contributed by atoms with van der Waals surface area (Å²) in [6.45, 7) is 0. The van der Waals surface area contributed by atoms with Crippen LogP contribution >= 0.6 is 27.3 Å². The Morgan fingerprint density at radius 1 is 1.46 bits per heavy atom. The summed E-state index contributed by atoms with van der Waals surface area (Å²) >= 11 is 5.27. The summed E-state index contributed by atoms with van der Waals surface area (Å²) in [7, 11) is 0. The van der Waals surface area contributed by atoms with E-state index in [1.165, 1.54) is 29.8 Å². The lowest BCUT2D eigenvalue weighted by molar-refractivity contribution is 0.304. The second-order valence-electron chi connectivity index (χ2n) is 3.83. The van der Waals surface area contributed by atoms with E-state index in [-0.39, 0.29) is 0 Å². The first-order valence-electron chi connectivity index (χ1n) is 4.74. The average Bonchev–Trinajstić information content (AvgIpc) is 2.47. The second-order valence-corrected chi connectivity index (χ2v) is 6.14. The smallest absolute Gasteiger partial charge is 0.159 e. The Labute approximate surface area is 89.9 Å². The van der Waals surface area contributed by atoms with Gasteiger partial charge in [0.05, 0.1) is 5.69 Å². The molecule has 13 heavy (non-hydrogen) atoms. The quantitative estimate of drug-likeness (QED) is 0.774. The number of rotatable bonds is 0. The Morgan fingerprint density at radius 2 is 2.38 bits per heavy atom. The van der Waals surface area contributed by atoms with Gasteiger partial charge in [-0.3, -0.25) is 0 Å². The minimum atomic E-state index is 0.603. The van der Waals surface area contributed by atoms with Crippen molar-refractivity contribution >= 4 is 27.3 Å². The van der Waals surface area contributed by atoms with Crippen molar-refractivity contribution in [2.45, 2.75) is 37.8 Å². The molecule has 0 amide bonds. The summed E-state index contributed by atoms with van der Waals surface area (Å²) in [6, 6.07) is 1.30. The Kier molecular flexibility index (Phi) is 1.96. The molecule has 2 nitrogen and oxygen atoms in total. The van der Waals surface area contributed by atoms with Crippen LogP contribution in [0.4, 0.5) is 0 Å². The molecule has 2 aliphatic heterocycles. The van der Waals surface area contributed by atoms with E-state index in [4.69, 9.17) is 0 Å². The van der Waals surface area contributed by atoms with Crippen molar-refractivity contribution in [3.05, 3.63) is 14.5 Å². The van der Waals surface area contributed by atoms with Gasteiger partial charge < -0.3 is 5.32 Å². The van der Waals surface area contributed by atoms with Crippen LogP contribution in [0.3, 0.4) is 0 Å². The lowest BCUT2D eigenvalue weighted by Crippen LogP contribution is -2.42. The fourth-order valence-corrected chi connectivity index (χ4v) is 4.02. The lowest BCUT2D eigenvalue weighted by atomic mass is 9.89. The Morgan fingerprint density at radius 3 is 3.31 bits per heavy atom. The Balaban J connectivity index is 2.05. The van der Waals surface area contributed by atoms with Crippen LogP contribution in [0.2, 0.25) is 0 Å². The lowest BCUT2D eigenvalue weighted by Gasteiger charge is -2.34. The van der Waals surface area contributed by atoms with Gasteiger partial charge in [-0.25, -0.2) is 4.98 Å². The molecule has 1 N–H and O–H groups in total. The Bertz CT molecular complexity index is 336. The highest BCUT2D eigenvalue weighted by molar-refractivity contribution is 9.11. The van der Waals surface area contributed by atoms with Gasteiger partial charge in [0.15, 0.2) is 3.92 Å². The number of fused-ring (bicyclic) bond motifs is 4. The number of aromatic nitrogens is 1. The minimum Gasteiger partial charge on any atom is -0.306 e. The molecule has 0 saturated carbocycles. The van der Waals surface area contributed by atoms with Gasteiger partial charge in [-0.1, -0.05) is 0 Å². The first-order chi connectivity index (χ1) is 6.33. The van der Waals surface area contributed by atoms with Gasteiger partial charge in [0.25, 0.3) is 0 Å². The van der Waals surface area contributed by atoms with Crippen LogP contribution in [0.1, 0.15) is 35.9 Å². The third kappa shape index (κ3) is 1.35. The van der Waals surface area contributed by atoms with Crippen molar-refractivity contribution in [3.8, 4) is 0 Å². The summed E-state index contributed by atoms with van der Waals surface area (Å²) in [5, 5.41) is 3.67. The normalized spacial score (nSPS) is 31.5. The third-order valence-corrected chi connectivity index (χ3v) is 4.60. The van der Waals surface area contributed by atoms with Crippen molar-refractivity contribution < 1.29 is 0 Å². The molecule has 0 aliphatic carbocycles. The summed E-state index contributed by atoms with van der Waals surface area (Å²) in [5.41, 5.74) is 1.34. The monoisotopic (exact) mass is 258 g/mol. The van der Waals surface area contributed by atoms with Crippen molar-refractivity contribution in [1.82, 2.24) is 10.3 Å². The van der Waals surface area contributed by atoms with Gasteiger partial charge >= 0.3 is 0 Å². The van der Waals surface area contributed by atoms with Crippen molar-refractivity contribution in [2.75, 3.05) is 0 Å². The zero-order chi connectivity index (χ0) is 8.84. The van der Waals surface area contributed by atoms with Crippen LogP contribution in [-0.4, -0.2) is 11.0 Å². The van der Waals surface area contributed by atoms with Crippen LogP contribution in [0.25, 0.3) is 0 Å². The number of hydrogen-bond acceptors (Lipinski definition) is 3. The number of thiazole rings is 1. The van der Waals surface area contributed by atoms with Gasteiger partial charge in [-0.05, 0) is 35.2 Å². The number of hydrogen-bond donors (Lipinski definition) is 1. The molecular weight excluding hydrogens is 248 g/mol. The molecule has 2 unspecified atom stereocenters. The van der Waals surface area contributed by atoms with E-state index in [2.05, 4.69) is 26.2 Å². The topological polar surface area (TPSA) is 24.9 Å². The van der Waals surface area contributed by atoms with E-state index >= 15 is 0 Å². The standard InChI is InChI=1S/C9H11BrN2S/c10-9-12-7-4-5-2-1-3-6(11-5)8(7)13-9/h5-6,11H,1-4H2. The predicted octanol–water partition coefficient (Wildman–Crippen LogP) is 2.64. The first-order valence-corrected chi connectivity index (χ1v) is 6.35. The van der Waals surface area contributed by atoms with E-state index < -0.39 is 0 Å². The minimum absolute atomic E-state index is 0.603. The van der Waals surface area contributed by atoms with Crippen LogP contribution in [0, 0.1) is 0 Å². The highest BCUT2D eigenvalue weighted by atomic mass is 79.9. The molecule has 2 aliphatic rings. The van der Waals surface area contributed by atoms with Crippen molar-refractivity contribution in [2.24, 2.45) is 0 Å². The molecule has 3 rings (SSSR count). The fourth-order valence-electron chi connectivity index (χ4n) is 2.37. The summed E-state index contributed by atoms with van der Waals surface area (Å²) in [5.74, 6) is 0. The molecule has 2 bridgehead atoms. The number of nitrogens with one attached hydrogen (secondary N) is 1. The molecule has 4 heteroatoms. The van der Waals surface area contributed by atoms with Gasteiger partial charge in [0, 0.05) is 23.4 Å². The van der Waals surface area contributed by atoms with E-state index in [1.54, 1.807) is 11.3 Å². The molecule has 0 radical (unpaired) electrons. The maximum absolute atomic E-state index is 4.53. The molecule has 0 spiro atoms. The van der Waals surface area contributed by atoms with Crippen LogP contribution < -0.4 is 5.32 Å². The molecule has 1 saturated heterocycles.